The second kappa shape index (κ2) is 8.16. The molecule has 100 valence electrons. The number of thioether (sulfide) groups is 1. The quantitative estimate of drug-likeness (QED) is 0.735. The summed E-state index contributed by atoms with van der Waals surface area (Å²) in [6, 6.07) is 10.6. The van der Waals surface area contributed by atoms with Gasteiger partial charge in [0, 0.05) is 24.1 Å². The highest BCUT2D eigenvalue weighted by Crippen LogP contribution is 2.12. The maximum absolute atomic E-state index is 10.7. The van der Waals surface area contributed by atoms with Crippen LogP contribution in [0.15, 0.2) is 30.3 Å². The smallest absolute Gasteiger partial charge is 0.317 e. The van der Waals surface area contributed by atoms with Gasteiger partial charge in [0.25, 0.3) is 0 Å². The minimum absolute atomic E-state index is 0.129. The van der Waals surface area contributed by atoms with Gasteiger partial charge in [0.15, 0.2) is 0 Å². The molecule has 0 aliphatic heterocycles. The number of hydrogen-bond acceptors (Lipinski definition) is 3. The van der Waals surface area contributed by atoms with Crippen molar-refractivity contribution in [3.8, 4) is 0 Å². The Hall–Kier alpha value is -1.00. The average Bonchev–Trinajstić information content (AvgIpc) is 2.33. The molecule has 1 aromatic carbocycles. The zero-order valence-corrected chi connectivity index (χ0v) is 11.8. The molecule has 0 saturated heterocycles. The third kappa shape index (κ3) is 6.07. The van der Waals surface area contributed by atoms with E-state index < -0.39 is 5.97 Å². The van der Waals surface area contributed by atoms with Crippen LogP contribution in [0.3, 0.4) is 0 Å². The van der Waals surface area contributed by atoms with E-state index in [9.17, 15) is 4.79 Å². The van der Waals surface area contributed by atoms with Crippen molar-refractivity contribution < 1.29 is 9.90 Å². The highest BCUT2D eigenvalue weighted by atomic mass is 32.2. The lowest BCUT2D eigenvalue weighted by Gasteiger charge is -2.24. The minimum Gasteiger partial charge on any atom is -0.480 e. The normalized spacial score (nSPS) is 11.1. The van der Waals surface area contributed by atoms with Gasteiger partial charge in [-0.25, -0.2) is 0 Å². The van der Waals surface area contributed by atoms with E-state index in [1.54, 1.807) is 0 Å². The number of rotatable bonds is 8. The second-order valence-electron chi connectivity index (χ2n) is 4.50. The second-order valence-corrected chi connectivity index (χ2v) is 5.60. The summed E-state index contributed by atoms with van der Waals surface area (Å²) >= 11 is 1.84. The molecule has 0 heterocycles. The van der Waals surface area contributed by atoms with E-state index in [-0.39, 0.29) is 12.6 Å². The SMILES string of the molecule is CC(C)N(CCSCc1ccccc1)CC(=O)O. The lowest BCUT2D eigenvalue weighted by atomic mass is 10.2. The summed E-state index contributed by atoms with van der Waals surface area (Å²) in [6.07, 6.45) is 0. The fraction of sp³-hybridized carbons (Fsp3) is 0.500. The van der Waals surface area contributed by atoms with Gasteiger partial charge in [-0.05, 0) is 19.4 Å². The van der Waals surface area contributed by atoms with Crippen LogP contribution in [-0.2, 0) is 10.5 Å². The Morgan fingerprint density at radius 3 is 2.56 bits per heavy atom. The molecule has 0 aromatic heterocycles. The minimum atomic E-state index is -0.753. The third-order valence-corrected chi connectivity index (χ3v) is 3.71. The van der Waals surface area contributed by atoms with Crippen LogP contribution in [0.1, 0.15) is 19.4 Å². The van der Waals surface area contributed by atoms with E-state index in [0.29, 0.717) is 0 Å². The van der Waals surface area contributed by atoms with Gasteiger partial charge in [-0.1, -0.05) is 30.3 Å². The van der Waals surface area contributed by atoms with Crippen molar-refractivity contribution >= 4 is 17.7 Å². The molecule has 0 spiro atoms. The highest BCUT2D eigenvalue weighted by molar-refractivity contribution is 7.98. The Bertz CT molecular complexity index is 354. The Morgan fingerprint density at radius 1 is 1.33 bits per heavy atom. The van der Waals surface area contributed by atoms with Gasteiger partial charge in [-0.2, -0.15) is 11.8 Å². The Balaban J connectivity index is 2.25. The highest BCUT2D eigenvalue weighted by Gasteiger charge is 2.12. The summed E-state index contributed by atoms with van der Waals surface area (Å²) in [4.78, 5) is 12.7. The summed E-state index contributed by atoms with van der Waals surface area (Å²) in [5, 5.41) is 8.82. The summed E-state index contributed by atoms with van der Waals surface area (Å²) in [7, 11) is 0. The van der Waals surface area contributed by atoms with Gasteiger partial charge in [-0.3, -0.25) is 9.69 Å². The van der Waals surface area contributed by atoms with Crippen molar-refractivity contribution in [2.24, 2.45) is 0 Å². The fourth-order valence-corrected chi connectivity index (χ4v) is 2.58. The van der Waals surface area contributed by atoms with Crippen molar-refractivity contribution in [3.63, 3.8) is 0 Å². The summed E-state index contributed by atoms with van der Waals surface area (Å²) in [5.41, 5.74) is 1.32. The van der Waals surface area contributed by atoms with Gasteiger partial charge in [0.1, 0.15) is 0 Å². The fourth-order valence-electron chi connectivity index (χ4n) is 1.64. The maximum Gasteiger partial charge on any atom is 0.317 e. The first kappa shape index (κ1) is 15.1. The van der Waals surface area contributed by atoms with E-state index in [2.05, 4.69) is 12.1 Å². The van der Waals surface area contributed by atoms with Gasteiger partial charge < -0.3 is 5.11 Å². The molecule has 0 amide bonds. The lowest BCUT2D eigenvalue weighted by molar-refractivity contribution is -0.138. The van der Waals surface area contributed by atoms with Crippen LogP contribution in [0.25, 0.3) is 0 Å². The standard InChI is InChI=1S/C14H21NO2S/c1-12(2)15(10-14(16)17)8-9-18-11-13-6-4-3-5-7-13/h3-7,12H,8-11H2,1-2H3,(H,16,17). The molecule has 0 atom stereocenters. The van der Waals surface area contributed by atoms with Crippen molar-refractivity contribution in [2.75, 3.05) is 18.8 Å². The Kier molecular flexibility index (Phi) is 6.83. The van der Waals surface area contributed by atoms with Crippen LogP contribution in [0.4, 0.5) is 0 Å². The van der Waals surface area contributed by atoms with Crippen molar-refractivity contribution in [3.05, 3.63) is 35.9 Å². The predicted octanol–water partition coefficient (Wildman–Crippen LogP) is 2.71. The molecule has 1 N–H and O–H groups in total. The molecule has 1 aromatic rings. The van der Waals surface area contributed by atoms with E-state index in [0.717, 1.165) is 18.1 Å². The van der Waals surface area contributed by atoms with Gasteiger partial charge in [0.2, 0.25) is 0 Å². The molecule has 0 unspecified atom stereocenters. The van der Waals surface area contributed by atoms with E-state index in [1.165, 1.54) is 5.56 Å². The number of nitrogens with zero attached hydrogens (tertiary/aromatic N) is 1. The Morgan fingerprint density at radius 2 is 2.00 bits per heavy atom. The molecule has 0 radical (unpaired) electrons. The summed E-state index contributed by atoms with van der Waals surface area (Å²) in [6.45, 7) is 5.01. The van der Waals surface area contributed by atoms with E-state index in [4.69, 9.17) is 5.11 Å². The monoisotopic (exact) mass is 267 g/mol. The van der Waals surface area contributed by atoms with Crippen LogP contribution in [-0.4, -0.2) is 40.9 Å². The maximum atomic E-state index is 10.7. The molecule has 3 nitrogen and oxygen atoms in total. The van der Waals surface area contributed by atoms with Gasteiger partial charge >= 0.3 is 5.97 Å². The summed E-state index contributed by atoms with van der Waals surface area (Å²) in [5.74, 6) is 1.19. The topological polar surface area (TPSA) is 40.5 Å². The van der Waals surface area contributed by atoms with Crippen LogP contribution in [0.2, 0.25) is 0 Å². The Labute approximate surface area is 113 Å². The van der Waals surface area contributed by atoms with Crippen LogP contribution in [0.5, 0.6) is 0 Å². The molecule has 0 aliphatic rings. The number of hydrogen-bond donors (Lipinski definition) is 1. The predicted molar refractivity (Wildman–Crippen MR) is 76.9 cm³/mol. The first-order valence-electron chi connectivity index (χ1n) is 6.17. The molecule has 0 saturated carbocycles. The van der Waals surface area contributed by atoms with Crippen molar-refractivity contribution in [2.45, 2.75) is 25.6 Å². The molecular formula is C14H21NO2S. The van der Waals surface area contributed by atoms with E-state index >= 15 is 0 Å². The number of benzene rings is 1. The zero-order chi connectivity index (χ0) is 13.4. The zero-order valence-electron chi connectivity index (χ0n) is 11.0. The van der Waals surface area contributed by atoms with Crippen molar-refractivity contribution in [1.29, 1.82) is 0 Å². The first-order chi connectivity index (χ1) is 8.59. The number of aliphatic carboxylic acids is 1. The van der Waals surface area contributed by atoms with Crippen LogP contribution < -0.4 is 0 Å². The average molecular weight is 267 g/mol. The molecule has 18 heavy (non-hydrogen) atoms. The van der Waals surface area contributed by atoms with E-state index in [1.807, 2.05) is 48.7 Å². The van der Waals surface area contributed by atoms with Crippen molar-refractivity contribution in [1.82, 2.24) is 4.90 Å². The molecule has 0 aliphatic carbocycles. The molecule has 0 fully saturated rings. The molecule has 4 heteroatoms. The van der Waals surface area contributed by atoms with Gasteiger partial charge in [0.05, 0.1) is 6.54 Å². The number of carboxylic acid groups (broad SMARTS) is 1. The first-order valence-corrected chi connectivity index (χ1v) is 7.32. The third-order valence-electron chi connectivity index (χ3n) is 2.70. The molecular weight excluding hydrogens is 246 g/mol. The van der Waals surface area contributed by atoms with Gasteiger partial charge in [-0.15, -0.1) is 0 Å². The molecule has 1 rings (SSSR count). The summed E-state index contributed by atoms with van der Waals surface area (Å²) < 4.78 is 0. The largest absolute Gasteiger partial charge is 0.480 e. The van der Waals surface area contributed by atoms with Crippen LogP contribution in [0, 0.1) is 0 Å². The van der Waals surface area contributed by atoms with Crippen LogP contribution >= 0.6 is 11.8 Å². The number of carboxylic acids is 1. The lowest BCUT2D eigenvalue weighted by Crippen LogP contribution is -2.37. The molecule has 0 bridgehead atoms. The number of carbonyl (C=O) groups is 1.